The lowest BCUT2D eigenvalue weighted by Gasteiger charge is -2.34. The predicted octanol–water partition coefficient (Wildman–Crippen LogP) is 5.23. The van der Waals surface area contributed by atoms with Gasteiger partial charge in [0.2, 0.25) is 5.91 Å². The van der Waals surface area contributed by atoms with Crippen molar-refractivity contribution in [3.8, 4) is 0 Å². The number of benzene rings is 1. The average molecular weight is 449 g/mol. The molecule has 0 unspecified atom stereocenters. The van der Waals surface area contributed by atoms with E-state index in [1.807, 2.05) is 35.7 Å². The number of nitrogens with zero attached hydrogens (tertiary/aromatic N) is 3. The third-order valence-corrected chi connectivity index (χ3v) is 7.73. The van der Waals surface area contributed by atoms with Gasteiger partial charge in [-0.05, 0) is 49.9 Å². The minimum Gasteiger partial charge on any atom is -0.342 e. The predicted molar refractivity (Wildman–Crippen MR) is 127 cm³/mol. The first-order valence-corrected chi connectivity index (χ1v) is 12.5. The highest BCUT2D eigenvalue weighted by Crippen LogP contribution is 2.33. The molecule has 2 aromatic heterocycles. The van der Waals surface area contributed by atoms with E-state index in [-0.39, 0.29) is 11.8 Å². The normalized spacial score (nSPS) is 18.1. The van der Waals surface area contributed by atoms with Crippen molar-refractivity contribution in [2.24, 2.45) is 5.92 Å². The van der Waals surface area contributed by atoms with Crippen molar-refractivity contribution in [2.45, 2.75) is 50.9 Å². The number of carbonyl (C=O) groups is 2. The molecule has 0 spiro atoms. The van der Waals surface area contributed by atoms with E-state index < -0.39 is 0 Å². The topological polar surface area (TPSA) is 75.2 Å². The van der Waals surface area contributed by atoms with Crippen LogP contribution in [0.15, 0.2) is 41.9 Å². The van der Waals surface area contributed by atoms with Gasteiger partial charge < -0.3 is 10.2 Å². The Morgan fingerprint density at radius 1 is 1.03 bits per heavy atom. The highest BCUT2D eigenvalue weighted by Gasteiger charge is 2.30. The lowest BCUT2D eigenvalue weighted by atomic mass is 9.87. The molecule has 5 rings (SSSR count). The van der Waals surface area contributed by atoms with Gasteiger partial charge in [0, 0.05) is 47.6 Å². The van der Waals surface area contributed by atoms with Crippen LogP contribution in [0.5, 0.6) is 0 Å². The molecular formula is C25H28N4O2S. The number of amides is 2. The van der Waals surface area contributed by atoms with Gasteiger partial charge in [-0.3, -0.25) is 14.6 Å². The van der Waals surface area contributed by atoms with E-state index in [4.69, 9.17) is 0 Å². The molecule has 1 aliphatic heterocycles. The number of hydrogen-bond acceptors (Lipinski definition) is 5. The van der Waals surface area contributed by atoms with Crippen LogP contribution in [0.4, 0.5) is 5.69 Å². The third-order valence-electron chi connectivity index (χ3n) is 6.73. The second kappa shape index (κ2) is 9.36. The fraction of sp³-hybridized carbons (Fsp3) is 0.440. The van der Waals surface area contributed by atoms with Crippen LogP contribution in [0.2, 0.25) is 0 Å². The molecule has 2 aliphatic rings. The second-order valence-corrected chi connectivity index (χ2v) is 9.76. The van der Waals surface area contributed by atoms with Crippen molar-refractivity contribution in [1.82, 2.24) is 14.9 Å². The second-order valence-electron chi connectivity index (χ2n) is 8.87. The Morgan fingerprint density at radius 2 is 1.84 bits per heavy atom. The van der Waals surface area contributed by atoms with Crippen molar-refractivity contribution in [3.05, 3.63) is 52.6 Å². The summed E-state index contributed by atoms with van der Waals surface area (Å²) in [7, 11) is 0. The number of anilines is 1. The van der Waals surface area contributed by atoms with Gasteiger partial charge >= 0.3 is 0 Å². The molecule has 2 amide bonds. The van der Waals surface area contributed by atoms with Crippen molar-refractivity contribution in [2.75, 3.05) is 18.4 Å². The summed E-state index contributed by atoms with van der Waals surface area (Å²) in [6.45, 7) is 1.60. The number of pyridine rings is 1. The van der Waals surface area contributed by atoms with Crippen LogP contribution in [-0.4, -0.2) is 39.8 Å². The zero-order valence-electron chi connectivity index (χ0n) is 18.1. The van der Waals surface area contributed by atoms with E-state index in [2.05, 4.69) is 20.2 Å². The van der Waals surface area contributed by atoms with Crippen LogP contribution in [-0.2, 0) is 4.79 Å². The van der Waals surface area contributed by atoms with Gasteiger partial charge in [-0.15, -0.1) is 11.3 Å². The van der Waals surface area contributed by atoms with Crippen LogP contribution < -0.4 is 5.32 Å². The van der Waals surface area contributed by atoms with Crippen LogP contribution in [0.3, 0.4) is 0 Å². The maximum Gasteiger partial charge on any atom is 0.275 e. The SMILES string of the molecule is O=C(Nc1ccc2ncccc2c1)c1csc(C2CCN(C(=O)C3CCCCC3)CC2)n1. The number of carbonyl (C=O) groups excluding carboxylic acids is 2. The van der Waals surface area contributed by atoms with Crippen molar-refractivity contribution < 1.29 is 9.59 Å². The minimum absolute atomic E-state index is 0.194. The van der Waals surface area contributed by atoms with E-state index in [0.717, 1.165) is 60.4 Å². The molecule has 1 aromatic carbocycles. The molecule has 32 heavy (non-hydrogen) atoms. The van der Waals surface area contributed by atoms with Crippen molar-refractivity contribution in [3.63, 3.8) is 0 Å². The van der Waals surface area contributed by atoms with Crippen LogP contribution in [0.1, 0.15) is 66.4 Å². The first kappa shape index (κ1) is 21.1. The van der Waals surface area contributed by atoms with Crippen molar-refractivity contribution >= 4 is 39.7 Å². The fourth-order valence-corrected chi connectivity index (χ4v) is 5.85. The van der Waals surface area contributed by atoms with Crippen LogP contribution in [0, 0.1) is 5.92 Å². The molecular weight excluding hydrogens is 420 g/mol. The quantitative estimate of drug-likeness (QED) is 0.593. The van der Waals surface area contributed by atoms with Crippen LogP contribution in [0.25, 0.3) is 10.9 Å². The minimum atomic E-state index is -0.194. The lowest BCUT2D eigenvalue weighted by Crippen LogP contribution is -2.41. The Balaban J connectivity index is 1.18. The van der Waals surface area contributed by atoms with Crippen LogP contribution >= 0.6 is 11.3 Å². The molecule has 1 aliphatic carbocycles. The molecule has 2 fully saturated rings. The summed E-state index contributed by atoms with van der Waals surface area (Å²) in [4.78, 5) is 36.5. The maximum absolute atomic E-state index is 12.8. The first-order chi connectivity index (χ1) is 15.7. The van der Waals surface area contributed by atoms with Gasteiger partial charge in [-0.2, -0.15) is 0 Å². The highest BCUT2D eigenvalue weighted by atomic mass is 32.1. The van der Waals surface area contributed by atoms with E-state index in [1.165, 1.54) is 19.3 Å². The molecule has 3 heterocycles. The molecule has 6 nitrogen and oxygen atoms in total. The summed E-state index contributed by atoms with van der Waals surface area (Å²) in [6, 6.07) is 9.55. The summed E-state index contributed by atoms with van der Waals surface area (Å²) >= 11 is 1.55. The molecule has 166 valence electrons. The highest BCUT2D eigenvalue weighted by molar-refractivity contribution is 7.10. The van der Waals surface area contributed by atoms with E-state index >= 15 is 0 Å². The summed E-state index contributed by atoms with van der Waals surface area (Å²) in [5, 5.41) is 6.78. The average Bonchev–Trinajstić information content (AvgIpc) is 3.35. The number of thiazole rings is 1. The smallest absolute Gasteiger partial charge is 0.275 e. The molecule has 1 saturated heterocycles. The lowest BCUT2D eigenvalue weighted by molar-refractivity contribution is -0.137. The molecule has 1 saturated carbocycles. The Bertz CT molecular complexity index is 1110. The van der Waals surface area contributed by atoms with Gasteiger partial charge in [-0.1, -0.05) is 25.3 Å². The number of fused-ring (bicyclic) bond motifs is 1. The number of likely N-dealkylation sites (tertiary alicyclic amines) is 1. The summed E-state index contributed by atoms with van der Waals surface area (Å²) in [6.07, 6.45) is 9.35. The fourth-order valence-electron chi connectivity index (χ4n) is 4.88. The number of hydrogen-bond donors (Lipinski definition) is 1. The van der Waals surface area contributed by atoms with Gasteiger partial charge in [-0.25, -0.2) is 4.98 Å². The molecule has 1 N–H and O–H groups in total. The van der Waals surface area contributed by atoms with Gasteiger partial charge in [0.05, 0.1) is 10.5 Å². The molecule has 0 bridgehead atoms. The van der Waals surface area contributed by atoms with Gasteiger partial charge in [0.25, 0.3) is 5.91 Å². The first-order valence-electron chi connectivity index (χ1n) is 11.6. The third kappa shape index (κ3) is 4.53. The Morgan fingerprint density at radius 3 is 2.66 bits per heavy atom. The summed E-state index contributed by atoms with van der Waals surface area (Å²) in [5.41, 5.74) is 2.09. The Hall–Kier alpha value is -2.80. The zero-order chi connectivity index (χ0) is 21.9. The monoisotopic (exact) mass is 448 g/mol. The standard InChI is InChI=1S/C25H28N4O2S/c30-23(27-20-8-9-21-19(15-20)7-4-12-26-21)22-16-32-24(28-22)17-10-13-29(14-11-17)25(31)18-5-2-1-3-6-18/h4,7-9,12,15-18H,1-3,5-6,10-11,13-14H2,(H,27,30). The number of rotatable bonds is 4. The molecule has 3 aromatic rings. The largest absolute Gasteiger partial charge is 0.342 e. The summed E-state index contributed by atoms with van der Waals surface area (Å²) in [5.74, 6) is 0.721. The van der Waals surface area contributed by atoms with Gasteiger partial charge in [0.1, 0.15) is 5.69 Å². The number of nitrogens with one attached hydrogen (secondary N) is 1. The number of aromatic nitrogens is 2. The molecule has 0 atom stereocenters. The molecule has 0 radical (unpaired) electrons. The zero-order valence-corrected chi connectivity index (χ0v) is 18.9. The Labute approximate surface area is 192 Å². The van der Waals surface area contributed by atoms with E-state index in [9.17, 15) is 9.59 Å². The summed E-state index contributed by atoms with van der Waals surface area (Å²) < 4.78 is 0. The van der Waals surface area contributed by atoms with E-state index in [0.29, 0.717) is 17.5 Å². The Kier molecular flexibility index (Phi) is 6.17. The molecule has 7 heteroatoms. The maximum atomic E-state index is 12.8. The van der Waals surface area contributed by atoms with E-state index in [1.54, 1.807) is 17.5 Å². The van der Waals surface area contributed by atoms with Crippen molar-refractivity contribution in [1.29, 1.82) is 0 Å². The number of piperidine rings is 1. The van der Waals surface area contributed by atoms with Gasteiger partial charge in [0.15, 0.2) is 0 Å².